The van der Waals surface area contributed by atoms with Crippen LogP contribution in [0.3, 0.4) is 0 Å². The summed E-state index contributed by atoms with van der Waals surface area (Å²) < 4.78 is 28.7. The quantitative estimate of drug-likeness (QED) is 0.769. The van der Waals surface area contributed by atoms with Gasteiger partial charge in [-0.25, -0.2) is 4.79 Å². The van der Waals surface area contributed by atoms with Crippen molar-refractivity contribution in [3.05, 3.63) is 29.8 Å². The van der Waals surface area contributed by atoms with E-state index in [1.54, 1.807) is 12.1 Å². The average Bonchev–Trinajstić information content (AvgIpc) is 2.56. The summed E-state index contributed by atoms with van der Waals surface area (Å²) in [4.78, 5) is 14.6. The van der Waals surface area contributed by atoms with Gasteiger partial charge in [0.15, 0.2) is 0 Å². The van der Waals surface area contributed by atoms with E-state index in [1.807, 2.05) is 6.92 Å². The fraction of sp³-hybridized carbons (Fsp3) is 0.632. The van der Waals surface area contributed by atoms with Gasteiger partial charge in [-0.05, 0) is 43.4 Å². The Balaban J connectivity index is 1.75. The number of rotatable bonds is 7. The standard InChI is InChI=1S/C19H29F2N3O2/c1-13(2)12-24-10-8-16(9-11-24)23-19(25)22-14(3)15-4-6-17(7-5-15)26-18(20)21/h4-7,13-14,16,18H,8-12H2,1-3H3,(H2,22,23,25). The Morgan fingerprint density at radius 2 is 1.81 bits per heavy atom. The first-order chi connectivity index (χ1) is 12.3. The SMILES string of the molecule is CC(C)CN1CCC(NC(=O)NC(C)c2ccc(OC(F)F)cc2)CC1. The molecule has 1 aliphatic rings. The summed E-state index contributed by atoms with van der Waals surface area (Å²) in [5.74, 6) is 0.759. The molecule has 1 saturated heterocycles. The first kappa shape index (κ1) is 20.4. The van der Waals surface area contributed by atoms with Crippen LogP contribution >= 0.6 is 0 Å². The van der Waals surface area contributed by atoms with Crippen LogP contribution in [0.1, 0.15) is 45.2 Å². The molecule has 7 heteroatoms. The van der Waals surface area contributed by atoms with E-state index < -0.39 is 6.61 Å². The van der Waals surface area contributed by atoms with Crippen molar-refractivity contribution in [2.24, 2.45) is 5.92 Å². The van der Waals surface area contributed by atoms with Crippen LogP contribution in [0, 0.1) is 5.92 Å². The van der Waals surface area contributed by atoms with E-state index in [2.05, 4.69) is 34.1 Å². The number of carbonyl (C=O) groups excluding carboxylic acids is 1. The van der Waals surface area contributed by atoms with E-state index >= 15 is 0 Å². The molecule has 0 bridgehead atoms. The summed E-state index contributed by atoms with van der Waals surface area (Å²) in [7, 11) is 0. The van der Waals surface area contributed by atoms with E-state index in [1.165, 1.54) is 12.1 Å². The van der Waals surface area contributed by atoms with Crippen molar-refractivity contribution in [1.82, 2.24) is 15.5 Å². The Kier molecular flexibility index (Phi) is 7.63. The molecule has 26 heavy (non-hydrogen) atoms. The molecule has 2 N–H and O–H groups in total. The number of hydrogen-bond acceptors (Lipinski definition) is 3. The highest BCUT2D eigenvalue weighted by molar-refractivity contribution is 5.74. The Hall–Kier alpha value is -1.89. The summed E-state index contributed by atoms with van der Waals surface area (Å²) in [5, 5.41) is 5.92. The molecule has 2 amide bonds. The lowest BCUT2D eigenvalue weighted by atomic mass is 10.0. The molecular weight excluding hydrogens is 340 g/mol. The first-order valence-electron chi connectivity index (χ1n) is 9.17. The van der Waals surface area contributed by atoms with Gasteiger partial charge in [-0.2, -0.15) is 8.78 Å². The van der Waals surface area contributed by atoms with Gasteiger partial charge in [0.1, 0.15) is 5.75 Å². The molecule has 2 rings (SSSR count). The smallest absolute Gasteiger partial charge is 0.387 e. The van der Waals surface area contributed by atoms with E-state index in [9.17, 15) is 13.6 Å². The molecule has 1 fully saturated rings. The number of ether oxygens (including phenoxy) is 1. The van der Waals surface area contributed by atoms with E-state index in [0.29, 0.717) is 5.92 Å². The van der Waals surface area contributed by atoms with Crippen molar-refractivity contribution < 1.29 is 18.3 Å². The molecule has 0 aromatic heterocycles. The van der Waals surface area contributed by atoms with Gasteiger partial charge in [0.2, 0.25) is 0 Å². The van der Waals surface area contributed by atoms with E-state index in [0.717, 1.165) is 38.0 Å². The molecule has 146 valence electrons. The number of urea groups is 1. The Labute approximate surface area is 154 Å². The fourth-order valence-electron chi connectivity index (χ4n) is 3.22. The summed E-state index contributed by atoms with van der Waals surface area (Å²) in [6.07, 6.45) is 1.91. The number of alkyl halides is 2. The maximum absolute atomic E-state index is 12.2. The largest absolute Gasteiger partial charge is 0.435 e. The molecule has 0 saturated carbocycles. The van der Waals surface area contributed by atoms with Crippen molar-refractivity contribution in [1.29, 1.82) is 0 Å². The zero-order chi connectivity index (χ0) is 19.1. The third-order valence-corrected chi connectivity index (χ3v) is 4.50. The minimum absolute atomic E-state index is 0.105. The lowest BCUT2D eigenvalue weighted by molar-refractivity contribution is -0.0498. The van der Waals surface area contributed by atoms with Crippen LogP contribution in [0.5, 0.6) is 5.75 Å². The van der Waals surface area contributed by atoms with Crippen molar-refractivity contribution in [2.45, 2.75) is 52.3 Å². The predicted octanol–water partition coefficient (Wildman–Crippen LogP) is 3.77. The number of carbonyl (C=O) groups is 1. The van der Waals surface area contributed by atoms with Gasteiger partial charge in [0, 0.05) is 25.7 Å². The van der Waals surface area contributed by atoms with Crippen LogP contribution in [-0.4, -0.2) is 43.2 Å². The molecule has 0 radical (unpaired) electrons. The molecule has 0 aliphatic carbocycles. The van der Waals surface area contributed by atoms with Crippen LogP contribution in [-0.2, 0) is 0 Å². The molecule has 1 unspecified atom stereocenters. The topological polar surface area (TPSA) is 53.6 Å². The maximum atomic E-state index is 12.2. The Bertz CT molecular complexity index is 558. The summed E-state index contributed by atoms with van der Waals surface area (Å²) in [5.41, 5.74) is 0.827. The zero-order valence-electron chi connectivity index (χ0n) is 15.7. The molecule has 1 heterocycles. The van der Waals surface area contributed by atoms with Crippen LogP contribution < -0.4 is 15.4 Å². The number of piperidine rings is 1. The Morgan fingerprint density at radius 3 is 2.35 bits per heavy atom. The van der Waals surface area contributed by atoms with Gasteiger partial charge in [-0.1, -0.05) is 26.0 Å². The normalized spacial score (nSPS) is 17.3. The number of halogens is 2. The van der Waals surface area contributed by atoms with Crippen LogP contribution in [0.2, 0.25) is 0 Å². The third-order valence-electron chi connectivity index (χ3n) is 4.50. The second kappa shape index (κ2) is 9.71. The van der Waals surface area contributed by atoms with Gasteiger partial charge < -0.3 is 20.3 Å². The summed E-state index contributed by atoms with van der Waals surface area (Å²) >= 11 is 0. The minimum Gasteiger partial charge on any atom is -0.435 e. The number of nitrogens with zero attached hydrogens (tertiary/aromatic N) is 1. The second-order valence-electron chi connectivity index (χ2n) is 7.26. The monoisotopic (exact) mass is 369 g/mol. The molecule has 1 atom stereocenters. The number of nitrogens with one attached hydrogen (secondary N) is 2. The zero-order valence-corrected chi connectivity index (χ0v) is 15.7. The highest BCUT2D eigenvalue weighted by Crippen LogP contribution is 2.19. The van der Waals surface area contributed by atoms with Crippen molar-refractivity contribution in [2.75, 3.05) is 19.6 Å². The van der Waals surface area contributed by atoms with E-state index in [-0.39, 0.29) is 23.9 Å². The lowest BCUT2D eigenvalue weighted by Gasteiger charge is -2.33. The first-order valence-corrected chi connectivity index (χ1v) is 9.17. The molecule has 5 nitrogen and oxygen atoms in total. The molecule has 0 spiro atoms. The fourth-order valence-corrected chi connectivity index (χ4v) is 3.22. The van der Waals surface area contributed by atoms with Crippen molar-refractivity contribution >= 4 is 6.03 Å². The lowest BCUT2D eigenvalue weighted by Crippen LogP contribution is -2.48. The number of likely N-dealkylation sites (tertiary alicyclic amines) is 1. The number of hydrogen-bond donors (Lipinski definition) is 2. The molecule has 1 aliphatic heterocycles. The number of benzene rings is 1. The highest BCUT2D eigenvalue weighted by Gasteiger charge is 2.21. The van der Waals surface area contributed by atoms with Gasteiger partial charge >= 0.3 is 12.6 Å². The van der Waals surface area contributed by atoms with Crippen molar-refractivity contribution in [3.63, 3.8) is 0 Å². The molecule has 1 aromatic rings. The van der Waals surface area contributed by atoms with Gasteiger partial charge in [0.05, 0.1) is 6.04 Å². The highest BCUT2D eigenvalue weighted by atomic mass is 19.3. The van der Waals surface area contributed by atoms with Crippen LogP contribution in [0.4, 0.5) is 13.6 Å². The van der Waals surface area contributed by atoms with Gasteiger partial charge in [-0.15, -0.1) is 0 Å². The average molecular weight is 369 g/mol. The summed E-state index contributed by atoms with van der Waals surface area (Å²) in [6.45, 7) is 6.55. The molecule has 1 aromatic carbocycles. The van der Waals surface area contributed by atoms with Crippen molar-refractivity contribution in [3.8, 4) is 5.75 Å². The maximum Gasteiger partial charge on any atom is 0.387 e. The van der Waals surface area contributed by atoms with E-state index in [4.69, 9.17) is 0 Å². The van der Waals surface area contributed by atoms with Gasteiger partial charge in [-0.3, -0.25) is 0 Å². The second-order valence-corrected chi connectivity index (χ2v) is 7.26. The summed E-state index contributed by atoms with van der Waals surface area (Å²) in [6, 6.07) is 6.06. The molecular formula is C19H29F2N3O2. The number of amides is 2. The van der Waals surface area contributed by atoms with Crippen LogP contribution in [0.25, 0.3) is 0 Å². The van der Waals surface area contributed by atoms with Crippen LogP contribution in [0.15, 0.2) is 24.3 Å². The predicted molar refractivity (Wildman–Crippen MR) is 97.5 cm³/mol. The Morgan fingerprint density at radius 1 is 1.19 bits per heavy atom. The third kappa shape index (κ3) is 6.78. The minimum atomic E-state index is -2.84. The van der Waals surface area contributed by atoms with Gasteiger partial charge in [0.25, 0.3) is 0 Å².